The van der Waals surface area contributed by atoms with Crippen LogP contribution in [0.1, 0.15) is 33.3 Å². The highest BCUT2D eigenvalue weighted by molar-refractivity contribution is 5.42. The van der Waals surface area contributed by atoms with Gasteiger partial charge in [0.05, 0.1) is 0 Å². The lowest BCUT2D eigenvalue weighted by Gasteiger charge is -2.18. The van der Waals surface area contributed by atoms with Gasteiger partial charge in [0, 0.05) is 25.8 Å². The fraction of sp³-hybridized carbons (Fsp3) is 0.688. The van der Waals surface area contributed by atoms with Gasteiger partial charge in [-0.15, -0.1) is 0 Å². The first-order valence-corrected chi connectivity index (χ1v) is 7.47. The molecule has 2 unspecified atom stereocenters. The van der Waals surface area contributed by atoms with Gasteiger partial charge in [-0.05, 0) is 42.0 Å². The van der Waals surface area contributed by atoms with E-state index in [2.05, 4.69) is 55.0 Å². The standard InChI is InChI=1S/C16H27N3/c1-12(2)8-17-9-15-5-6-18-16(7-15)19-10-13(3)14(4)11-19/h5-7,12-14,17H,8-11H2,1-4H3. The topological polar surface area (TPSA) is 28.2 Å². The molecule has 1 aliphatic heterocycles. The average molecular weight is 261 g/mol. The molecule has 19 heavy (non-hydrogen) atoms. The Morgan fingerprint density at radius 3 is 2.63 bits per heavy atom. The second-order valence-corrected chi connectivity index (χ2v) is 6.41. The Morgan fingerprint density at radius 1 is 1.32 bits per heavy atom. The van der Waals surface area contributed by atoms with Gasteiger partial charge in [-0.1, -0.05) is 27.7 Å². The monoisotopic (exact) mass is 261 g/mol. The third-order valence-corrected chi connectivity index (χ3v) is 4.00. The maximum atomic E-state index is 4.53. The molecule has 2 heterocycles. The number of hydrogen-bond acceptors (Lipinski definition) is 3. The Kier molecular flexibility index (Phi) is 4.81. The molecule has 0 aliphatic carbocycles. The van der Waals surface area contributed by atoms with Crippen LogP contribution >= 0.6 is 0 Å². The van der Waals surface area contributed by atoms with Crippen molar-refractivity contribution in [2.75, 3.05) is 24.5 Å². The molecular weight excluding hydrogens is 234 g/mol. The average Bonchev–Trinajstić information content (AvgIpc) is 2.70. The molecule has 3 heteroatoms. The summed E-state index contributed by atoms with van der Waals surface area (Å²) in [4.78, 5) is 6.95. The van der Waals surface area contributed by atoms with Crippen LogP contribution in [0.3, 0.4) is 0 Å². The van der Waals surface area contributed by atoms with Crippen molar-refractivity contribution < 1.29 is 0 Å². The summed E-state index contributed by atoms with van der Waals surface area (Å²) in [5.41, 5.74) is 1.33. The van der Waals surface area contributed by atoms with Crippen molar-refractivity contribution in [2.24, 2.45) is 17.8 Å². The predicted molar refractivity (Wildman–Crippen MR) is 81.3 cm³/mol. The smallest absolute Gasteiger partial charge is 0.128 e. The Balaban J connectivity index is 1.95. The number of nitrogens with zero attached hydrogens (tertiary/aromatic N) is 2. The summed E-state index contributed by atoms with van der Waals surface area (Å²) in [7, 11) is 0. The Bertz CT molecular complexity index is 393. The van der Waals surface area contributed by atoms with E-state index in [0.717, 1.165) is 43.8 Å². The molecule has 0 saturated carbocycles. The van der Waals surface area contributed by atoms with Crippen LogP contribution in [0, 0.1) is 17.8 Å². The van der Waals surface area contributed by atoms with Crippen molar-refractivity contribution in [1.82, 2.24) is 10.3 Å². The largest absolute Gasteiger partial charge is 0.356 e. The SMILES string of the molecule is CC(C)CNCc1ccnc(N2CC(C)C(C)C2)c1. The molecule has 0 aromatic carbocycles. The summed E-state index contributed by atoms with van der Waals surface area (Å²) in [6.07, 6.45) is 1.94. The molecule has 0 bridgehead atoms. The molecule has 1 N–H and O–H groups in total. The number of rotatable bonds is 5. The minimum Gasteiger partial charge on any atom is -0.356 e. The van der Waals surface area contributed by atoms with Gasteiger partial charge >= 0.3 is 0 Å². The zero-order valence-corrected chi connectivity index (χ0v) is 12.7. The summed E-state index contributed by atoms with van der Waals surface area (Å²) >= 11 is 0. The van der Waals surface area contributed by atoms with Crippen molar-refractivity contribution in [3.63, 3.8) is 0 Å². The van der Waals surface area contributed by atoms with Gasteiger partial charge in [0.2, 0.25) is 0 Å². The van der Waals surface area contributed by atoms with Crippen LogP contribution in [-0.4, -0.2) is 24.6 Å². The lowest BCUT2D eigenvalue weighted by Crippen LogP contribution is -2.22. The first-order chi connectivity index (χ1) is 9.06. The quantitative estimate of drug-likeness (QED) is 0.883. The van der Waals surface area contributed by atoms with Crippen molar-refractivity contribution in [2.45, 2.75) is 34.2 Å². The minimum absolute atomic E-state index is 0.696. The number of nitrogens with one attached hydrogen (secondary N) is 1. The second kappa shape index (κ2) is 6.38. The molecule has 2 atom stereocenters. The van der Waals surface area contributed by atoms with E-state index in [1.54, 1.807) is 0 Å². The highest BCUT2D eigenvalue weighted by atomic mass is 15.2. The van der Waals surface area contributed by atoms with Crippen molar-refractivity contribution in [3.05, 3.63) is 23.9 Å². The predicted octanol–water partition coefficient (Wildman–Crippen LogP) is 2.92. The van der Waals surface area contributed by atoms with Gasteiger partial charge in [-0.2, -0.15) is 0 Å². The van der Waals surface area contributed by atoms with Crippen LogP contribution in [0.4, 0.5) is 5.82 Å². The number of hydrogen-bond donors (Lipinski definition) is 1. The molecule has 0 radical (unpaired) electrons. The van der Waals surface area contributed by atoms with E-state index in [9.17, 15) is 0 Å². The van der Waals surface area contributed by atoms with E-state index in [-0.39, 0.29) is 0 Å². The highest BCUT2D eigenvalue weighted by Gasteiger charge is 2.26. The van der Waals surface area contributed by atoms with Gasteiger partial charge in [-0.25, -0.2) is 4.98 Å². The first kappa shape index (κ1) is 14.3. The molecule has 0 amide bonds. The summed E-state index contributed by atoms with van der Waals surface area (Å²) in [6.45, 7) is 13.4. The van der Waals surface area contributed by atoms with Gasteiger partial charge in [-0.3, -0.25) is 0 Å². The van der Waals surface area contributed by atoms with Gasteiger partial charge < -0.3 is 10.2 Å². The fourth-order valence-corrected chi connectivity index (χ4v) is 2.57. The van der Waals surface area contributed by atoms with Gasteiger partial charge in [0.15, 0.2) is 0 Å². The van der Waals surface area contributed by atoms with E-state index in [4.69, 9.17) is 0 Å². The van der Waals surface area contributed by atoms with E-state index in [0.29, 0.717) is 5.92 Å². The van der Waals surface area contributed by atoms with E-state index < -0.39 is 0 Å². The number of aromatic nitrogens is 1. The molecule has 1 aromatic heterocycles. The van der Waals surface area contributed by atoms with Crippen molar-refractivity contribution in [3.8, 4) is 0 Å². The molecule has 0 spiro atoms. The van der Waals surface area contributed by atoms with E-state index >= 15 is 0 Å². The molecule has 1 saturated heterocycles. The summed E-state index contributed by atoms with van der Waals surface area (Å²) in [5, 5.41) is 3.49. The van der Waals surface area contributed by atoms with Crippen LogP contribution < -0.4 is 10.2 Å². The van der Waals surface area contributed by atoms with Gasteiger partial charge in [0.1, 0.15) is 5.82 Å². The van der Waals surface area contributed by atoms with Crippen molar-refractivity contribution in [1.29, 1.82) is 0 Å². The Morgan fingerprint density at radius 2 is 2.00 bits per heavy atom. The van der Waals surface area contributed by atoms with Crippen molar-refractivity contribution >= 4 is 5.82 Å². The maximum Gasteiger partial charge on any atom is 0.128 e. The zero-order chi connectivity index (χ0) is 13.8. The molecular formula is C16H27N3. The summed E-state index contributed by atoms with van der Waals surface area (Å²) < 4.78 is 0. The van der Waals surface area contributed by atoms with Crippen LogP contribution in [0.5, 0.6) is 0 Å². The van der Waals surface area contributed by atoms with Gasteiger partial charge in [0.25, 0.3) is 0 Å². The zero-order valence-electron chi connectivity index (χ0n) is 12.7. The van der Waals surface area contributed by atoms with Crippen LogP contribution in [-0.2, 0) is 6.54 Å². The number of pyridine rings is 1. The summed E-state index contributed by atoms with van der Waals surface area (Å²) in [5.74, 6) is 3.37. The molecule has 106 valence electrons. The van der Waals surface area contributed by atoms with Crippen LogP contribution in [0.25, 0.3) is 0 Å². The van der Waals surface area contributed by atoms with Crippen LogP contribution in [0.2, 0.25) is 0 Å². The normalized spacial score (nSPS) is 23.3. The second-order valence-electron chi connectivity index (χ2n) is 6.41. The molecule has 2 rings (SSSR count). The van der Waals surface area contributed by atoms with E-state index in [1.165, 1.54) is 5.56 Å². The third-order valence-electron chi connectivity index (χ3n) is 4.00. The molecule has 1 aromatic rings. The molecule has 3 nitrogen and oxygen atoms in total. The number of anilines is 1. The summed E-state index contributed by atoms with van der Waals surface area (Å²) in [6, 6.07) is 4.35. The Labute approximate surface area is 117 Å². The Hall–Kier alpha value is -1.09. The lowest BCUT2D eigenvalue weighted by atomic mass is 10.0. The first-order valence-electron chi connectivity index (χ1n) is 7.47. The lowest BCUT2D eigenvalue weighted by molar-refractivity contribution is 0.494. The third kappa shape index (κ3) is 3.93. The highest BCUT2D eigenvalue weighted by Crippen LogP contribution is 2.26. The molecule has 1 fully saturated rings. The van der Waals surface area contributed by atoms with E-state index in [1.807, 2.05) is 6.20 Å². The molecule has 1 aliphatic rings. The fourth-order valence-electron chi connectivity index (χ4n) is 2.57. The maximum absolute atomic E-state index is 4.53. The van der Waals surface area contributed by atoms with Crippen LogP contribution in [0.15, 0.2) is 18.3 Å². The minimum atomic E-state index is 0.696.